The van der Waals surface area contributed by atoms with Gasteiger partial charge in [-0.05, 0) is 56.1 Å². The molecule has 0 amide bonds. The van der Waals surface area contributed by atoms with Crippen molar-refractivity contribution < 1.29 is 0 Å². The zero-order valence-corrected chi connectivity index (χ0v) is 14.8. The lowest BCUT2D eigenvalue weighted by molar-refractivity contribution is 0.512. The standard InChI is InChI=1S/C15H20N2OS3/c1-3-9(8-20-2)17-14(18)12-10-6-4-5-7-11(10)21-13(12)16-15(17)19/h9H,3-8H2,1-2H3,(H,16,19). The van der Waals surface area contributed by atoms with Gasteiger partial charge in [0.25, 0.3) is 5.56 Å². The van der Waals surface area contributed by atoms with E-state index in [4.69, 9.17) is 12.2 Å². The van der Waals surface area contributed by atoms with E-state index in [1.807, 2.05) is 4.57 Å². The van der Waals surface area contributed by atoms with E-state index in [-0.39, 0.29) is 11.6 Å². The molecular weight excluding hydrogens is 320 g/mol. The van der Waals surface area contributed by atoms with Crippen molar-refractivity contribution in [3.05, 3.63) is 25.6 Å². The molecule has 0 saturated carbocycles. The first-order valence-electron chi connectivity index (χ1n) is 7.45. The zero-order valence-electron chi connectivity index (χ0n) is 12.4. The number of thiophene rings is 1. The summed E-state index contributed by atoms with van der Waals surface area (Å²) in [7, 11) is 0. The lowest BCUT2D eigenvalue weighted by Gasteiger charge is -2.17. The Hall–Kier alpha value is -0.590. The SMILES string of the molecule is CCC(CSC)n1c(=S)[nH]c2sc3c(c2c1=O)CCCC3. The van der Waals surface area contributed by atoms with E-state index in [1.165, 1.54) is 23.3 Å². The number of rotatable bonds is 4. The van der Waals surface area contributed by atoms with E-state index in [1.54, 1.807) is 23.1 Å². The Morgan fingerprint density at radius 3 is 2.90 bits per heavy atom. The summed E-state index contributed by atoms with van der Waals surface area (Å²) in [4.78, 5) is 18.7. The molecule has 2 aromatic rings. The van der Waals surface area contributed by atoms with Crippen molar-refractivity contribution in [1.29, 1.82) is 0 Å². The minimum absolute atomic E-state index is 0.119. The van der Waals surface area contributed by atoms with Crippen LogP contribution in [0.5, 0.6) is 0 Å². The van der Waals surface area contributed by atoms with Gasteiger partial charge in [0.2, 0.25) is 0 Å². The predicted molar refractivity (Wildman–Crippen MR) is 95.6 cm³/mol. The minimum Gasteiger partial charge on any atom is -0.323 e. The van der Waals surface area contributed by atoms with Gasteiger partial charge in [-0.2, -0.15) is 11.8 Å². The molecular formula is C15H20N2OS3. The zero-order chi connectivity index (χ0) is 15.0. The fourth-order valence-corrected chi connectivity index (χ4v) is 5.60. The van der Waals surface area contributed by atoms with E-state index in [0.29, 0.717) is 4.77 Å². The van der Waals surface area contributed by atoms with Crippen molar-refractivity contribution in [1.82, 2.24) is 9.55 Å². The van der Waals surface area contributed by atoms with Crippen LogP contribution in [0, 0.1) is 4.77 Å². The number of nitrogens with one attached hydrogen (secondary N) is 1. The highest BCUT2D eigenvalue weighted by Crippen LogP contribution is 2.33. The molecule has 0 bridgehead atoms. The third-order valence-electron chi connectivity index (χ3n) is 4.24. The molecule has 0 aliphatic heterocycles. The molecule has 1 N–H and O–H groups in total. The van der Waals surface area contributed by atoms with Crippen molar-refractivity contribution in [3.8, 4) is 0 Å². The molecule has 3 rings (SSSR count). The summed E-state index contributed by atoms with van der Waals surface area (Å²) in [5, 5.41) is 0.905. The van der Waals surface area contributed by atoms with Crippen molar-refractivity contribution in [2.24, 2.45) is 0 Å². The predicted octanol–water partition coefficient (Wildman–Crippen LogP) is 4.31. The van der Waals surface area contributed by atoms with Crippen LogP contribution < -0.4 is 5.56 Å². The van der Waals surface area contributed by atoms with Gasteiger partial charge in [-0.15, -0.1) is 11.3 Å². The van der Waals surface area contributed by atoms with Gasteiger partial charge in [-0.1, -0.05) is 6.92 Å². The molecule has 0 aromatic carbocycles. The maximum absolute atomic E-state index is 13.0. The van der Waals surface area contributed by atoms with Crippen LogP contribution in [0.2, 0.25) is 0 Å². The monoisotopic (exact) mass is 340 g/mol. The molecule has 1 atom stereocenters. The Bertz CT molecular complexity index is 772. The quantitative estimate of drug-likeness (QED) is 0.843. The summed E-state index contributed by atoms with van der Waals surface area (Å²) >= 11 is 8.96. The maximum Gasteiger partial charge on any atom is 0.263 e. The number of aromatic nitrogens is 2. The van der Waals surface area contributed by atoms with Gasteiger partial charge in [-0.25, -0.2) is 0 Å². The number of aryl methyl sites for hydroxylation is 2. The number of H-pyrrole nitrogens is 1. The number of hydrogen-bond donors (Lipinski definition) is 1. The van der Waals surface area contributed by atoms with Crippen LogP contribution in [-0.2, 0) is 12.8 Å². The third kappa shape index (κ3) is 2.62. The maximum atomic E-state index is 13.0. The van der Waals surface area contributed by atoms with E-state index in [9.17, 15) is 4.79 Å². The number of hydrogen-bond acceptors (Lipinski definition) is 4. The van der Waals surface area contributed by atoms with E-state index in [0.717, 1.165) is 35.2 Å². The number of nitrogens with zero attached hydrogens (tertiary/aromatic N) is 1. The Balaban J connectivity index is 2.27. The fourth-order valence-electron chi connectivity index (χ4n) is 3.15. The van der Waals surface area contributed by atoms with Crippen LogP contribution in [0.3, 0.4) is 0 Å². The van der Waals surface area contributed by atoms with Crippen molar-refractivity contribution in [2.45, 2.75) is 45.1 Å². The average Bonchev–Trinajstić information content (AvgIpc) is 2.84. The smallest absolute Gasteiger partial charge is 0.263 e. The first-order valence-corrected chi connectivity index (χ1v) is 10.1. The second-order valence-corrected chi connectivity index (χ2v) is 7.94. The minimum atomic E-state index is 0.119. The normalized spacial score (nSPS) is 16.1. The van der Waals surface area contributed by atoms with Crippen LogP contribution in [-0.4, -0.2) is 21.6 Å². The Kier molecular flexibility index (Phi) is 4.57. The number of aromatic amines is 1. The van der Waals surface area contributed by atoms with Crippen molar-refractivity contribution in [2.75, 3.05) is 12.0 Å². The van der Waals surface area contributed by atoms with E-state index in [2.05, 4.69) is 18.2 Å². The van der Waals surface area contributed by atoms with Gasteiger partial charge in [-0.3, -0.25) is 9.36 Å². The highest BCUT2D eigenvalue weighted by Gasteiger charge is 2.22. The molecule has 0 fully saturated rings. The van der Waals surface area contributed by atoms with Crippen molar-refractivity contribution in [3.63, 3.8) is 0 Å². The summed E-state index contributed by atoms with van der Waals surface area (Å²) in [5.41, 5.74) is 1.40. The third-order valence-corrected chi connectivity index (χ3v) is 6.46. The molecule has 0 spiro atoms. The van der Waals surface area contributed by atoms with Crippen molar-refractivity contribution >= 4 is 45.5 Å². The molecule has 2 heterocycles. The summed E-state index contributed by atoms with van der Waals surface area (Å²) in [6.45, 7) is 2.12. The van der Waals surface area contributed by atoms with E-state index >= 15 is 0 Å². The molecule has 2 aromatic heterocycles. The molecule has 1 aliphatic carbocycles. The largest absolute Gasteiger partial charge is 0.323 e. The summed E-state index contributed by atoms with van der Waals surface area (Å²) < 4.78 is 2.39. The van der Waals surface area contributed by atoms with Gasteiger partial charge >= 0.3 is 0 Å². The molecule has 1 unspecified atom stereocenters. The lowest BCUT2D eigenvalue weighted by atomic mass is 9.97. The first kappa shape index (κ1) is 15.3. The Labute approximate surface area is 137 Å². The molecule has 1 aliphatic rings. The molecule has 21 heavy (non-hydrogen) atoms. The second kappa shape index (κ2) is 6.26. The summed E-state index contributed by atoms with van der Waals surface area (Å²) in [6, 6.07) is 0.180. The van der Waals surface area contributed by atoms with Gasteiger partial charge in [0.1, 0.15) is 4.83 Å². The fraction of sp³-hybridized carbons (Fsp3) is 0.600. The van der Waals surface area contributed by atoms with E-state index < -0.39 is 0 Å². The summed E-state index contributed by atoms with van der Waals surface area (Å²) in [5.74, 6) is 0.922. The summed E-state index contributed by atoms with van der Waals surface area (Å²) in [6.07, 6.45) is 7.57. The molecule has 0 saturated heterocycles. The van der Waals surface area contributed by atoms with Crippen LogP contribution in [0.15, 0.2) is 4.79 Å². The van der Waals surface area contributed by atoms with Gasteiger partial charge in [0.05, 0.1) is 5.39 Å². The van der Waals surface area contributed by atoms with Gasteiger partial charge in [0.15, 0.2) is 4.77 Å². The highest BCUT2D eigenvalue weighted by atomic mass is 32.2. The Morgan fingerprint density at radius 2 is 2.19 bits per heavy atom. The molecule has 0 radical (unpaired) electrons. The van der Waals surface area contributed by atoms with Gasteiger partial charge < -0.3 is 4.98 Å². The topological polar surface area (TPSA) is 37.8 Å². The van der Waals surface area contributed by atoms with Crippen LogP contribution in [0.1, 0.15) is 42.7 Å². The average molecular weight is 341 g/mol. The van der Waals surface area contributed by atoms with Crippen LogP contribution in [0.4, 0.5) is 0 Å². The first-order chi connectivity index (χ1) is 10.2. The molecule has 6 heteroatoms. The Morgan fingerprint density at radius 1 is 1.43 bits per heavy atom. The number of fused-ring (bicyclic) bond motifs is 3. The van der Waals surface area contributed by atoms with Crippen LogP contribution >= 0.6 is 35.3 Å². The van der Waals surface area contributed by atoms with Crippen LogP contribution in [0.25, 0.3) is 10.2 Å². The molecule has 3 nitrogen and oxygen atoms in total. The second-order valence-electron chi connectivity index (χ2n) is 5.54. The molecule has 114 valence electrons. The lowest BCUT2D eigenvalue weighted by Crippen LogP contribution is -2.28. The van der Waals surface area contributed by atoms with Gasteiger partial charge in [0, 0.05) is 16.7 Å². The highest BCUT2D eigenvalue weighted by molar-refractivity contribution is 7.98. The number of thioether (sulfide) groups is 1.